The van der Waals surface area contributed by atoms with E-state index in [1.165, 1.54) is 0 Å². The number of halogens is 1. The maximum Gasteiger partial charge on any atom is 0.139 e. The SMILES string of the molecule is COc1cc(NCc2ccc(C)nc2)ccc1Cl. The fraction of sp³-hybridized carbons (Fsp3) is 0.214. The van der Waals surface area contributed by atoms with Gasteiger partial charge in [0.1, 0.15) is 5.75 Å². The molecule has 0 bridgehead atoms. The number of pyridine rings is 1. The quantitative estimate of drug-likeness (QED) is 0.913. The number of hydrogen-bond donors (Lipinski definition) is 1. The van der Waals surface area contributed by atoms with Crippen molar-refractivity contribution in [1.29, 1.82) is 0 Å². The van der Waals surface area contributed by atoms with Gasteiger partial charge >= 0.3 is 0 Å². The predicted octanol–water partition coefficient (Wildman–Crippen LogP) is 3.66. The summed E-state index contributed by atoms with van der Waals surface area (Å²) in [4.78, 5) is 4.25. The lowest BCUT2D eigenvalue weighted by Crippen LogP contribution is -2.00. The highest BCUT2D eigenvalue weighted by Crippen LogP contribution is 2.27. The van der Waals surface area contributed by atoms with Gasteiger partial charge in [-0.15, -0.1) is 0 Å². The smallest absolute Gasteiger partial charge is 0.139 e. The summed E-state index contributed by atoms with van der Waals surface area (Å²) in [5.41, 5.74) is 3.12. The number of nitrogens with one attached hydrogen (secondary N) is 1. The summed E-state index contributed by atoms with van der Waals surface area (Å²) in [6.07, 6.45) is 1.87. The van der Waals surface area contributed by atoms with Crippen LogP contribution in [0.3, 0.4) is 0 Å². The monoisotopic (exact) mass is 262 g/mol. The van der Waals surface area contributed by atoms with E-state index in [2.05, 4.69) is 16.4 Å². The molecule has 0 radical (unpaired) electrons. The van der Waals surface area contributed by atoms with Gasteiger partial charge in [-0.1, -0.05) is 17.7 Å². The van der Waals surface area contributed by atoms with Crippen molar-refractivity contribution >= 4 is 17.3 Å². The Balaban J connectivity index is 2.04. The van der Waals surface area contributed by atoms with Gasteiger partial charge in [-0.2, -0.15) is 0 Å². The molecule has 1 heterocycles. The Hall–Kier alpha value is -1.74. The van der Waals surface area contributed by atoms with Gasteiger partial charge in [-0.05, 0) is 30.7 Å². The molecular weight excluding hydrogens is 248 g/mol. The van der Waals surface area contributed by atoms with Crippen LogP contribution in [0.15, 0.2) is 36.5 Å². The van der Waals surface area contributed by atoms with Crippen LogP contribution in [-0.4, -0.2) is 12.1 Å². The summed E-state index contributed by atoms with van der Waals surface area (Å²) in [6, 6.07) is 9.68. The van der Waals surface area contributed by atoms with Crippen molar-refractivity contribution in [2.75, 3.05) is 12.4 Å². The largest absolute Gasteiger partial charge is 0.495 e. The highest BCUT2D eigenvalue weighted by atomic mass is 35.5. The Bertz CT molecular complexity index is 526. The van der Waals surface area contributed by atoms with E-state index in [1.807, 2.05) is 37.4 Å². The number of anilines is 1. The molecule has 2 rings (SSSR count). The van der Waals surface area contributed by atoms with Crippen LogP contribution in [0, 0.1) is 6.92 Å². The molecular formula is C14H15ClN2O. The molecule has 1 aromatic carbocycles. The first-order valence-electron chi connectivity index (χ1n) is 5.68. The summed E-state index contributed by atoms with van der Waals surface area (Å²) in [6.45, 7) is 2.69. The number of ether oxygens (including phenoxy) is 1. The molecule has 0 aliphatic heterocycles. The van der Waals surface area contributed by atoms with Crippen LogP contribution in [0.5, 0.6) is 5.75 Å². The molecule has 94 valence electrons. The Kier molecular flexibility index (Phi) is 4.05. The predicted molar refractivity (Wildman–Crippen MR) is 74.3 cm³/mol. The van der Waals surface area contributed by atoms with Gasteiger partial charge in [0.2, 0.25) is 0 Å². The Morgan fingerprint density at radius 3 is 2.78 bits per heavy atom. The summed E-state index contributed by atoms with van der Waals surface area (Å²) in [5.74, 6) is 0.670. The number of benzene rings is 1. The Morgan fingerprint density at radius 1 is 1.28 bits per heavy atom. The second kappa shape index (κ2) is 5.74. The van der Waals surface area contributed by atoms with Gasteiger partial charge in [-0.25, -0.2) is 0 Å². The highest BCUT2D eigenvalue weighted by molar-refractivity contribution is 6.32. The van der Waals surface area contributed by atoms with Crippen molar-refractivity contribution in [3.05, 3.63) is 52.8 Å². The molecule has 0 atom stereocenters. The number of nitrogens with zero attached hydrogens (tertiary/aromatic N) is 1. The summed E-state index contributed by atoms with van der Waals surface area (Å²) < 4.78 is 5.17. The van der Waals surface area contributed by atoms with E-state index in [1.54, 1.807) is 7.11 Å². The molecule has 1 aromatic heterocycles. The molecule has 0 aliphatic carbocycles. The Labute approximate surface area is 112 Å². The van der Waals surface area contributed by atoms with E-state index in [-0.39, 0.29) is 0 Å². The Morgan fingerprint density at radius 2 is 2.11 bits per heavy atom. The topological polar surface area (TPSA) is 34.1 Å². The molecule has 3 nitrogen and oxygen atoms in total. The van der Waals surface area contributed by atoms with Crippen molar-refractivity contribution in [2.45, 2.75) is 13.5 Å². The zero-order chi connectivity index (χ0) is 13.0. The number of aryl methyl sites for hydroxylation is 1. The van der Waals surface area contributed by atoms with Crippen molar-refractivity contribution in [1.82, 2.24) is 4.98 Å². The molecule has 1 N–H and O–H groups in total. The van der Waals surface area contributed by atoms with Crippen LogP contribution in [0.2, 0.25) is 5.02 Å². The minimum absolute atomic E-state index is 0.611. The fourth-order valence-corrected chi connectivity index (χ4v) is 1.77. The molecule has 0 fully saturated rings. The number of methoxy groups -OCH3 is 1. The first kappa shape index (κ1) is 12.7. The highest BCUT2D eigenvalue weighted by Gasteiger charge is 2.01. The van der Waals surface area contributed by atoms with Crippen LogP contribution in [0.25, 0.3) is 0 Å². The second-order valence-corrected chi connectivity index (χ2v) is 4.42. The summed E-state index contributed by atoms with van der Waals surface area (Å²) >= 11 is 5.97. The number of hydrogen-bond acceptors (Lipinski definition) is 3. The molecule has 0 aliphatic rings. The summed E-state index contributed by atoms with van der Waals surface area (Å²) in [5, 5.41) is 3.91. The first-order valence-corrected chi connectivity index (χ1v) is 6.06. The first-order chi connectivity index (χ1) is 8.69. The normalized spacial score (nSPS) is 10.2. The molecule has 0 saturated heterocycles. The van der Waals surface area contributed by atoms with Crippen LogP contribution in [0.4, 0.5) is 5.69 Å². The van der Waals surface area contributed by atoms with Gasteiger partial charge in [-0.3, -0.25) is 4.98 Å². The average molecular weight is 263 g/mol. The molecule has 18 heavy (non-hydrogen) atoms. The number of aromatic nitrogens is 1. The van der Waals surface area contributed by atoms with Gasteiger partial charge in [0.25, 0.3) is 0 Å². The van der Waals surface area contributed by atoms with Gasteiger partial charge < -0.3 is 10.1 Å². The van der Waals surface area contributed by atoms with Crippen molar-refractivity contribution < 1.29 is 4.74 Å². The van der Waals surface area contributed by atoms with Gasteiger partial charge in [0, 0.05) is 30.2 Å². The maximum absolute atomic E-state index is 5.97. The van der Waals surface area contributed by atoms with E-state index in [4.69, 9.17) is 16.3 Å². The van der Waals surface area contributed by atoms with Crippen molar-refractivity contribution in [3.63, 3.8) is 0 Å². The van der Waals surface area contributed by atoms with E-state index in [0.717, 1.165) is 23.5 Å². The van der Waals surface area contributed by atoms with Crippen molar-refractivity contribution in [2.24, 2.45) is 0 Å². The van der Waals surface area contributed by atoms with Crippen molar-refractivity contribution in [3.8, 4) is 5.75 Å². The van der Waals surface area contributed by atoms with E-state index >= 15 is 0 Å². The fourth-order valence-electron chi connectivity index (χ4n) is 1.58. The minimum Gasteiger partial charge on any atom is -0.495 e. The molecule has 0 amide bonds. The van der Waals surface area contributed by atoms with E-state index < -0.39 is 0 Å². The maximum atomic E-state index is 5.97. The zero-order valence-electron chi connectivity index (χ0n) is 10.4. The van der Waals surface area contributed by atoms with Crippen LogP contribution in [0.1, 0.15) is 11.3 Å². The molecule has 0 saturated carbocycles. The minimum atomic E-state index is 0.611. The van der Waals surface area contributed by atoms with Crippen LogP contribution >= 0.6 is 11.6 Å². The van der Waals surface area contributed by atoms with Gasteiger partial charge in [0.05, 0.1) is 12.1 Å². The lowest BCUT2D eigenvalue weighted by molar-refractivity contribution is 0.415. The third-order valence-corrected chi connectivity index (χ3v) is 2.93. The number of rotatable bonds is 4. The van der Waals surface area contributed by atoms with Crippen LogP contribution < -0.4 is 10.1 Å². The zero-order valence-corrected chi connectivity index (χ0v) is 11.2. The summed E-state index contributed by atoms with van der Waals surface area (Å²) in [7, 11) is 1.61. The molecule has 4 heteroatoms. The molecule has 2 aromatic rings. The molecule has 0 spiro atoms. The van der Waals surface area contributed by atoms with Gasteiger partial charge in [0.15, 0.2) is 0 Å². The third kappa shape index (κ3) is 3.14. The standard InChI is InChI=1S/C14H15ClN2O/c1-10-3-4-11(8-16-10)9-17-12-5-6-13(15)14(7-12)18-2/h3-8,17H,9H2,1-2H3. The molecule has 0 unspecified atom stereocenters. The van der Waals surface area contributed by atoms with E-state index in [9.17, 15) is 0 Å². The van der Waals surface area contributed by atoms with Crippen LogP contribution in [-0.2, 0) is 6.54 Å². The van der Waals surface area contributed by atoms with E-state index in [0.29, 0.717) is 10.8 Å². The average Bonchev–Trinajstić information content (AvgIpc) is 2.39. The lowest BCUT2D eigenvalue weighted by Gasteiger charge is -2.09. The third-order valence-electron chi connectivity index (χ3n) is 2.62. The second-order valence-electron chi connectivity index (χ2n) is 4.01. The lowest BCUT2D eigenvalue weighted by atomic mass is 10.2.